The number of anilines is 1. The van der Waals surface area contributed by atoms with Gasteiger partial charge in [-0.25, -0.2) is 0 Å². The smallest absolute Gasteiger partial charge is 0.231 e. The molecule has 0 saturated heterocycles. The maximum atomic E-state index is 5.94. The summed E-state index contributed by atoms with van der Waals surface area (Å²) in [6.07, 6.45) is 0.632. The van der Waals surface area contributed by atoms with Crippen molar-refractivity contribution in [3.8, 4) is 11.4 Å². The number of hydrogen-bond acceptors (Lipinski definition) is 4. The van der Waals surface area contributed by atoms with E-state index < -0.39 is 0 Å². The number of nitrogens with zero attached hydrogens (tertiary/aromatic N) is 2. The monoisotopic (exact) mass is 279 g/mol. The predicted octanol–water partition coefficient (Wildman–Crippen LogP) is 3.53. The molecule has 1 aromatic heterocycles. The Bertz CT molecular complexity index is 777. The van der Waals surface area contributed by atoms with Crippen molar-refractivity contribution in [2.24, 2.45) is 0 Å². The minimum atomic E-state index is 0.536. The number of rotatable bonds is 3. The van der Waals surface area contributed by atoms with Gasteiger partial charge in [0.05, 0.1) is 6.42 Å². The van der Waals surface area contributed by atoms with Gasteiger partial charge in [-0.05, 0) is 37.1 Å². The lowest BCUT2D eigenvalue weighted by molar-refractivity contribution is 0.385. The quantitative estimate of drug-likeness (QED) is 0.745. The zero-order chi connectivity index (χ0) is 14.8. The topological polar surface area (TPSA) is 64.9 Å². The summed E-state index contributed by atoms with van der Waals surface area (Å²) in [4.78, 5) is 4.45. The lowest BCUT2D eigenvalue weighted by Gasteiger charge is -2.03. The van der Waals surface area contributed by atoms with E-state index in [1.807, 2.05) is 24.3 Å². The van der Waals surface area contributed by atoms with Crippen molar-refractivity contribution in [3.63, 3.8) is 0 Å². The van der Waals surface area contributed by atoms with Gasteiger partial charge in [0.15, 0.2) is 0 Å². The van der Waals surface area contributed by atoms with E-state index in [1.165, 1.54) is 16.7 Å². The third kappa shape index (κ3) is 2.79. The summed E-state index contributed by atoms with van der Waals surface area (Å²) in [5.74, 6) is 1.13. The van der Waals surface area contributed by atoms with Crippen LogP contribution in [-0.4, -0.2) is 10.1 Å². The van der Waals surface area contributed by atoms with Crippen LogP contribution in [0.25, 0.3) is 11.4 Å². The molecular weight excluding hydrogens is 262 g/mol. The fourth-order valence-electron chi connectivity index (χ4n) is 2.29. The van der Waals surface area contributed by atoms with E-state index in [2.05, 4.69) is 42.2 Å². The van der Waals surface area contributed by atoms with Gasteiger partial charge in [-0.15, -0.1) is 0 Å². The average Bonchev–Trinajstić information content (AvgIpc) is 2.92. The second kappa shape index (κ2) is 5.40. The predicted molar refractivity (Wildman–Crippen MR) is 82.9 cm³/mol. The summed E-state index contributed by atoms with van der Waals surface area (Å²) in [5.41, 5.74) is 11.0. The molecule has 0 atom stereocenters. The second-order valence-corrected chi connectivity index (χ2v) is 5.21. The summed E-state index contributed by atoms with van der Waals surface area (Å²) in [5, 5.41) is 4.03. The Kier molecular flexibility index (Phi) is 3.44. The molecule has 4 heteroatoms. The molecule has 3 rings (SSSR count). The lowest BCUT2D eigenvalue weighted by atomic mass is 10.0. The average molecular weight is 279 g/mol. The molecule has 4 nitrogen and oxygen atoms in total. The molecule has 21 heavy (non-hydrogen) atoms. The van der Waals surface area contributed by atoms with Gasteiger partial charge in [0.1, 0.15) is 0 Å². The van der Waals surface area contributed by atoms with E-state index in [0.717, 1.165) is 5.56 Å². The van der Waals surface area contributed by atoms with Gasteiger partial charge in [0.25, 0.3) is 0 Å². The molecule has 0 aliphatic carbocycles. The molecule has 0 radical (unpaired) electrons. The first kappa shape index (κ1) is 13.4. The first-order chi connectivity index (χ1) is 10.1. The van der Waals surface area contributed by atoms with Crippen LogP contribution >= 0.6 is 0 Å². The highest BCUT2D eigenvalue weighted by atomic mass is 16.5. The number of aromatic nitrogens is 2. The Morgan fingerprint density at radius 2 is 1.90 bits per heavy atom. The van der Waals surface area contributed by atoms with E-state index in [4.69, 9.17) is 10.3 Å². The van der Waals surface area contributed by atoms with Crippen LogP contribution in [0.4, 0.5) is 5.69 Å². The molecule has 0 unspecified atom stereocenters. The Labute approximate surface area is 123 Å². The zero-order valence-electron chi connectivity index (χ0n) is 12.1. The van der Waals surface area contributed by atoms with Gasteiger partial charge in [-0.1, -0.05) is 41.1 Å². The second-order valence-electron chi connectivity index (χ2n) is 5.21. The Morgan fingerprint density at radius 1 is 1.10 bits per heavy atom. The van der Waals surface area contributed by atoms with Crippen LogP contribution in [-0.2, 0) is 6.42 Å². The fourth-order valence-corrected chi connectivity index (χ4v) is 2.29. The molecule has 106 valence electrons. The van der Waals surface area contributed by atoms with Crippen molar-refractivity contribution in [2.75, 3.05) is 5.73 Å². The molecule has 0 saturated carbocycles. The maximum Gasteiger partial charge on any atom is 0.231 e. The first-order valence-corrected chi connectivity index (χ1v) is 6.87. The van der Waals surface area contributed by atoms with Crippen molar-refractivity contribution in [3.05, 3.63) is 65.0 Å². The molecule has 0 amide bonds. The maximum absolute atomic E-state index is 5.94. The SMILES string of the molecule is Cc1ccc(C)c(Cc2nc(-c3ccccc3N)no2)c1. The van der Waals surface area contributed by atoms with Crippen molar-refractivity contribution in [1.29, 1.82) is 0 Å². The van der Waals surface area contributed by atoms with Gasteiger partial charge in [-0.2, -0.15) is 4.98 Å². The summed E-state index contributed by atoms with van der Waals surface area (Å²) in [6.45, 7) is 4.16. The number of nitrogens with two attached hydrogens (primary N) is 1. The summed E-state index contributed by atoms with van der Waals surface area (Å²) in [7, 11) is 0. The fraction of sp³-hybridized carbons (Fsp3) is 0.176. The van der Waals surface area contributed by atoms with Crippen molar-refractivity contribution < 1.29 is 4.52 Å². The van der Waals surface area contributed by atoms with Gasteiger partial charge in [0, 0.05) is 11.3 Å². The van der Waals surface area contributed by atoms with E-state index in [9.17, 15) is 0 Å². The lowest BCUT2D eigenvalue weighted by Crippen LogP contribution is -1.94. The van der Waals surface area contributed by atoms with E-state index in [0.29, 0.717) is 23.8 Å². The molecule has 0 bridgehead atoms. The molecule has 1 heterocycles. The molecule has 0 aliphatic heterocycles. The number of aryl methyl sites for hydroxylation is 2. The largest absolute Gasteiger partial charge is 0.398 e. The van der Waals surface area contributed by atoms with Crippen LogP contribution in [0.3, 0.4) is 0 Å². The van der Waals surface area contributed by atoms with Gasteiger partial charge in [0.2, 0.25) is 11.7 Å². The van der Waals surface area contributed by atoms with E-state index in [1.54, 1.807) is 0 Å². The van der Waals surface area contributed by atoms with Crippen LogP contribution in [0, 0.1) is 13.8 Å². The first-order valence-electron chi connectivity index (χ1n) is 6.87. The molecule has 0 aliphatic rings. The molecular formula is C17H17N3O. The van der Waals surface area contributed by atoms with Crippen LogP contribution in [0.2, 0.25) is 0 Å². The molecule has 0 spiro atoms. The number of benzene rings is 2. The minimum absolute atomic E-state index is 0.536. The normalized spacial score (nSPS) is 10.8. The number of nitrogen functional groups attached to an aromatic ring is 1. The van der Waals surface area contributed by atoms with Crippen molar-refractivity contribution >= 4 is 5.69 Å². The Morgan fingerprint density at radius 3 is 2.71 bits per heavy atom. The van der Waals surface area contributed by atoms with Crippen LogP contribution < -0.4 is 5.73 Å². The summed E-state index contributed by atoms with van der Waals surface area (Å²) < 4.78 is 5.36. The van der Waals surface area contributed by atoms with E-state index in [-0.39, 0.29) is 0 Å². The Hall–Kier alpha value is -2.62. The van der Waals surface area contributed by atoms with Crippen LogP contribution in [0.15, 0.2) is 47.0 Å². The highest BCUT2D eigenvalue weighted by Crippen LogP contribution is 2.23. The van der Waals surface area contributed by atoms with Crippen molar-refractivity contribution in [2.45, 2.75) is 20.3 Å². The Balaban J connectivity index is 1.89. The molecule has 0 fully saturated rings. The summed E-state index contributed by atoms with van der Waals surface area (Å²) in [6, 6.07) is 13.9. The third-order valence-corrected chi connectivity index (χ3v) is 3.52. The highest BCUT2D eigenvalue weighted by Gasteiger charge is 2.12. The van der Waals surface area contributed by atoms with Crippen LogP contribution in [0.1, 0.15) is 22.6 Å². The highest BCUT2D eigenvalue weighted by molar-refractivity contribution is 5.70. The summed E-state index contributed by atoms with van der Waals surface area (Å²) >= 11 is 0. The number of para-hydroxylation sites is 1. The standard InChI is InChI=1S/C17H17N3O/c1-11-7-8-12(2)13(9-11)10-16-19-17(20-21-16)14-5-3-4-6-15(14)18/h3-9H,10,18H2,1-2H3. The third-order valence-electron chi connectivity index (χ3n) is 3.52. The zero-order valence-corrected chi connectivity index (χ0v) is 12.1. The number of hydrogen-bond donors (Lipinski definition) is 1. The minimum Gasteiger partial charge on any atom is -0.398 e. The van der Waals surface area contributed by atoms with Crippen molar-refractivity contribution in [1.82, 2.24) is 10.1 Å². The van der Waals surface area contributed by atoms with Crippen LogP contribution in [0.5, 0.6) is 0 Å². The van der Waals surface area contributed by atoms with Gasteiger partial charge < -0.3 is 10.3 Å². The van der Waals surface area contributed by atoms with Gasteiger partial charge >= 0.3 is 0 Å². The molecule has 2 N–H and O–H groups in total. The molecule has 3 aromatic rings. The van der Waals surface area contributed by atoms with Gasteiger partial charge in [-0.3, -0.25) is 0 Å². The molecule has 2 aromatic carbocycles. The van der Waals surface area contributed by atoms with E-state index >= 15 is 0 Å².